The second-order valence-corrected chi connectivity index (χ2v) is 8.44. The van der Waals surface area contributed by atoms with Crippen LogP contribution in [0.2, 0.25) is 0 Å². The Morgan fingerprint density at radius 3 is 2.51 bits per heavy atom. The quantitative estimate of drug-likeness (QED) is 0.453. The highest BCUT2D eigenvalue weighted by atomic mass is 19.4. The molecule has 4 rings (SSSR count). The summed E-state index contributed by atoms with van der Waals surface area (Å²) in [5.41, 5.74) is 0.0227. The number of hydrogen-bond donors (Lipinski definition) is 0. The van der Waals surface area contributed by atoms with E-state index in [1.807, 2.05) is 29.8 Å². The maximum Gasteiger partial charge on any atom is 0.416 e. The molecule has 5 nitrogen and oxygen atoms in total. The Balaban J connectivity index is 1.62. The molecule has 0 radical (unpaired) electrons. The number of amides is 2. The Hall–Kier alpha value is -3.62. The highest BCUT2D eigenvalue weighted by Crippen LogP contribution is 2.34. The summed E-state index contributed by atoms with van der Waals surface area (Å²) in [6.07, 6.45) is -2.21. The number of carbonyl (C=O) groups is 2. The summed E-state index contributed by atoms with van der Waals surface area (Å²) in [5.74, 6) is -1.51. The van der Waals surface area contributed by atoms with Crippen LogP contribution >= 0.6 is 0 Å². The standard InChI is InChI=1S/C26H25F4N3O2/c1-2-12-32(25(35)18-7-5-8-19(16-18)26(28,29)30)17-23(34)33-15-14-31-13-6-11-22(31)24(33)20-9-3-4-10-21(20)27/h3-11,13,16,24H,2,12,14-15,17H2,1H3/t24-/m0/s1. The third-order valence-corrected chi connectivity index (χ3v) is 6.10. The molecule has 0 N–H and O–H groups in total. The summed E-state index contributed by atoms with van der Waals surface area (Å²) in [4.78, 5) is 29.4. The van der Waals surface area contributed by atoms with Gasteiger partial charge in [0.15, 0.2) is 0 Å². The normalized spacial score (nSPS) is 15.6. The summed E-state index contributed by atoms with van der Waals surface area (Å²) in [5, 5.41) is 0. The minimum absolute atomic E-state index is 0.140. The van der Waals surface area contributed by atoms with Gasteiger partial charge in [-0.15, -0.1) is 0 Å². The van der Waals surface area contributed by atoms with Gasteiger partial charge >= 0.3 is 6.18 Å². The summed E-state index contributed by atoms with van der Waals surface area (Å²) in [6, 6.07) is 13.4. The van der Waals surface area contributed by atoms with E-state index in [9.17, 15) is 27.2 Å². The number of hydrogen-bond acceptors (Lipinski definition) is 2. The zero-order valence-corrected chi connectivity index (χ0v) is 19.1. The molecule has 2 amide bonds. The molecule has 2 aromatic carbocycles. The number of benzene rings is 2. The number of fused-ring (bicyclic) bond motifs is 1. The first-order valence-corrected chi connectivity index (χ1v) is 11.4. The van der Waals surface area contributed by atoms with Crippen molar-refractivity contribution >= 4 is 11.8 Å². The Bertz CT molecular complexity index is 1220. The van der Waals surface area contributed by atoms with Crippen molar-refractivity contribution < 1.29 is 27.2 Å². The van der Waals surface area contributed by atoms with Crippen LogP contribution in [-0.4, -0.2) is 45.8 Å². The van der Waals surface area contributed by atoms with E-state index in [4.69, 9.17) is 0 Å². The van der Waals surface area contributed by atoms with Crippen LogP contribution in [0.5, 0.6) is 0 Å². The van der Waals surface area contributed by atoms with Gasteiger partial charge in [-0.2, -0.15) is 13.2 Å². The Morgan fingerprint density at radius 2 is 1.80 bits per heavy atom. The molecule has 1 aliphatic rings. The Kier molecular flexibility index (Phi) is 6.95. The lowest BCUT2D eigenvalue weighted by molar-refractivity contribution is -0.137. The molecule has 0 saturated heterocycles. The predicted molar refractivity (Wildman–Crippen MR) is 122 cm³/mol. The van der Waals surface area contributed by atoms with Crippen LogP contribution in [0.4, 0.5) is 17.6 Å². The van der Waals surface area contributed by atoms with E-state index in [0.717, 1.165) is 17.8 Å². The first-order valence-electron chi connectivity index (χ1n) is 11.4. The van der Waals surface area contributed by atoms with E-state index in [2.05, 4.69) is 0 Å². The molecule has 1 aliphatic heterocycles. The van der Waals surface area contributed by atoms with Crippen molar-refractivity contribution in [2.75, 3.05) is 19.6 Å². The number of alkyl halides is 3. The Morgan fingerprint density at radius 1 is 1.03 bits per heavy atom. The molecule has 3 aromatic rings. The fourth-order valence-corrected chi connectivity index (χ4v) is 4.46. The van der Waals surface area contributed by atoms with Gasteiger partial charge in [-0.1, -0.05) is 31.2 Å². The highest BCUT2D eigenvalue weighted by molar-refractivity contribution is 5.96. The maximum atomic E-state index is 14.8. The molecule has 1 aromatic heterocycles. The average molecular weight is 487 g/mol. The van der Waals surface area contributed by atoms with Crippen LogP contribution in [0, 0.1) is 5.82 Å². The van der Waals surface area contributed by atoms with Crippen molar-refractivity contribution in [1.82, 2.24) is 14.4 Å². The van der Waals surface area contributed by atoms with Crippen molar-refractivity contribution in [3.63, 3.8) is 0 Å². The molecule has 9 heteroatoms. The van der Waals surface area contributed by atoms with E-state index >= 15 is 0 Å². The number of nitrogens with zero attached hydrogens (tertiary/aromatic N) is 3. The second-order valence-electron chi connectivity index (χ2n) is 8.44. The van der Waals surface area contributed by atoms with Gasteiger partial charge < -0.3 is 14.4 Å². The first-order chi connectivity index (χ1) is 16.7. The van der Waals surface area contributed by atoms with Crippen molar-refractivity contribution in [3.8, 4) is 0 Å². The minimum Gasteiger partial charge on any atom is -0.348 e. The van der Waals surface area contributed by atoms with Gasteiger partial charge in [0.05, 0.1) is 5.56 Å². The first kappa shape index (κ1) is 24.5. The van der Waals surface area contributed by atoms with Gasteiger partial charge in [-0.25, -0.2) is 4.39 Å². The zero-order valence-electron chi connectivity index (χ0n) is 19.1. The molecule has 2 heterocycles. The van der Waals surface area contributed by atoms with E-state index in [1.165, 1.54) is 28.0 Å². The molecular formula is C26H25F4N3O2. The van der Waals surface area contributed by atoms with Crippen LogP contribution in [0.1, 0.15) is 46.6 Å². The van der Waals surface area contributed by atoms with Crippen molar-refractivity contribution in [2.24, 2.45) is 0 Å². The molecule has 0 saturated carbocycles. The highest BCUT2D eigenvalue weighted by Gasteiger charge is 2.35. The zero-order chi connectivity index (χ0) is 25.2. The van der Waals surface area contributed by atoms with E-state index in [0.29, 0.717) is 25.1 Å². The molecule has 0 unspecified atom stereocenters. The molecular weight excluding hydrogens is 462 g/mol. The van der Waals surface area contributed by atoms with Crippen LogP contribution in [0.15, 0.2) is 66.9 Å². The number of carbonyl (C=O) groups excluding carboxylic acids is 2. The maximum absolute atomic E-state index is 14.8. The lowest BCUT2D eigenvalue weighted by atomic mass is 9.99. The van der Waals surface area contributed by atoms with Crippen molar-refractivity contribution in [3.05, 3.63) is 95.1 Å². The van der Waals surface area contributed by atoms with Crippen LogP contribution < -0.4 is 0 Å². The number of aromatic nitrogens is 1. The van der Waals surface area contributed by atoms with Crippen LogP contribution in [-0.2, 0) is 17.5 Å². The van der Waals surface area contributed by atoms with Gasteiger partial charge in [0, 0.05) is 42.7 Å². The number of rotatable bonds is 6. The largest absolute Gasteiger partial charge is 0.416 e. The summed E-state index contributed by atoms with van der Waals surface area (Å²) in [6.45, 7) is 2.49. The van der Waals surface area contributed by atoms with E-state index in [-0.39, 0.29) is 18.7 Å². The van der Waals surface area contributed by atoms with Crippen LogP contribution in [0.3, 0.4) is 0 Å². The average Bonchev–Trinajstić information content (AvgIpc) is 3.32. The molecule has 0 bridgehead atoms. The second kappa shape index (κ2) is 9.93. The van der Waals surface area contributed by atoms with E-state index in [1.54, 1.807) is 18.2 Å². The molecule has 0 spiro atoms. The van der Waals surface area contributed by atoms with E-state index < -0.39 is 35.4 Å². The number of halogens is 4. The van der Waals surface area contributed by atoms with Crippen molar-refractivity contribution in [1.29, 1.82) is 0 Å². The van der Waals surface area contributed by atoms with Gasteiger partial charge in [0.2, 0.25) is 5.91 Å². The fourth-order valence-electron chi connectivity index (χ4n) is 4.46. The topological polar surface area (TPSA) is 45.6 Å². The molecule has 0 fully saturated rings. The van der Waals surface area contributed by atoms with Gasteiger partial charge in [-0.05, 0) is 42.8 Å². The van der Waals surface area contributed by atoms with Gasteiger partial charge in [0.25, 0.3) is 5.91 Å². The fraction of sp³-hybridized carbons (Fsp3) is 0.308. The summed E-state index contributed by atoms with van der Waals surface area (Å²) >= 11 is 0. The molecule has 1 atom stereocenters. The molecule has 184 valence electrons. The third kappa shape index (κ3) is 5.08. The van der Waals surface area contributed by atoms with Crippen molar-refractivity contribution in [2.45, 2.75) is 32.1 Å². The summed E-state index contributed by atoms with van der Waals surface area (Å²) in [7, 11) is 0. The lowest BCUT2D eigenvalue weighted by Crippen LogP contribution is -2.48. The van der Waals surface area contributed by atoms with Gasteiger partial charge in [0.1, 0.15) is 18.4 Å². The molecule has 0 aliphatic carbocycles. The minimum atomic E-state index is -4.59. The smallest absolute Gasteiger partial charge is 0.348 e. The van der Waals surface area contributed by atoms with Gasteiger partial charge in [-0.3, -0.25) is 9.59 Å². The summed E-state index contributed by atoms with van der Waals surface area (Å²) < 4.78 is 56.2. The monoisotopic (exact) mass is 487 g/mol. The Labute approximate surface area is 200 Å². The predicted octanol–water partition coefficient (Wildman–Crippen LogP) is 5.13. The SMILES string of the molecule is CCCN(CC(=O)N1CCn2cccc2[C@@H]1c1ccccc1F)C(=O)c1cccc(C(F)(F)F)c1. The lowest BCUT2D eigenvalue weighted by Gasteiger charge is -2.38. The third-order valence-electron chi connectivity index (χ3n) is 6.10. The van der Waals surface area contributed by atoms with Crippen LogP contribution in [0.25, 0.3) is 0 Å². The molecule has 35 heavy (non-hydrogen) atoms.